The van der Waals surface area contributed by atoms with Crippen LogP contribution in [0.3, 0.4) is 0 Å². The van der Waals surface area contributed by atoms with Crippen molar-refractivity contribution in [2.45, 2.75) is 18.9 Å². The first-order chi connectivity index (χ1) is 14.2. The Balaban J connectivity index is 1.44. The van der Waals surface area contributed by atoms with Crippen LogP contribution in [0.2, 0.25) is 0 Å². The standard InChI is InChI=1S/C23H25N5O/c1-24-20-10-8-17(9-11-20)18-5-2-6-19(15-18)22(29)27-21-7-3-14-28(16-21)23-25-12-4-13-26-23/h2,4-6,8-13,15,21,24H,3,7,14,16H2,1H3,(H,27,29)/t21-/m0/s1. The predicted octanol–water partition coefficient (Wildman–Crippen LogP) is 3.58. The third kappa shape index (κ3) is 4.54. The van der Waals surface area contributed by atoms with Gasteiger partial charge in [0.1, 0.15) is 0 Å². The molecule has 0 saturated carbocycles. The van der Waals surface area contributed by atoms with E-state index in [1.807, 2.05) is 49.5 Å². The van der Waals surface area contributed by atoms with Gasteiger partial charge in [-0.1, -0.05) is 24.3 Å². The number of nitrogens with one attached hydrogen (secondary N) is 2. The molecule has 6 nitrogen and oxygen atoms in total. The van der Waals surface area contributed by atoms with Crippen LogP contribution in [0.15, 0.2) is 67.0 Å². The monoisotopic (exact) mass is 387 g/mol. The molecular weight excluding hydrogens is 362 g/mol. The van der Waals surface area contributed by atoms with Gasteiger partial charge in [-0.05, 0) is 54.3 Å². The first kappa shape index (κ1) is 18.9. The third-order valence-electron chi connectivity index (χ3n) is 5.22. The van der Waals surface area contributed by atoms with Crippen LogP contribution in [-0.4, -0.2) is 42.1 Å². The van der Waals surface area contributed by atoms with Crippen molar-refractivity contribution < 1.29 is 4.79 Å². The van der Waals surface area contributed by atoms with Crippen molar-refractivity contribution in [2.75, 3.05) is 30.4 Å². The van der Waals surface area contributed by atoms with Crippen molar-refractivity contribution in [1.29, 1.82) is 0 Å². The van der Waals surface area contributed by atoms with Crippen LogP contribution >= 0.6 is 0 Å². The molecule has 1 atom stereocenters. The number of carbonyl (C=O) groups excluding carboxylic acids is 1. The van der Waals surface area contributed by atoms with Crippen molar-refractivity contribution in [1.82, 2.24) is 15.3 Å². The van der Waals surface area contributed by atoms with Crippen LogP contribution in [0.5, 0.6) is 0 Å². The highest BCUT2D eigenvalue weighted by Gasteiger charge is 2.23. The molecule has 148 valence electrons. The number of carbonyl (C=O) groups is 1. The molecule has 0 radical (unpaired) electrons. The molecule has 2 heterocycles. The summed E-state index contributed by atoms with van der Waals surface area (Å²) < 4.78 is 0. The lowest BCUT2D eigenvalue weighted by molar-refractivity contribution is 0.0933. The van der Waals surface area contributed by atoms with Crippen molar-refractivity contribution in [3.8, 4) is 11.1 Å². The van der Waals surface area contributed by atoms with E-state index in [0.717, 1.165) is 48.7 Å². The zero-order chi connectivity index (χ0) is 20.1. The van der Waals surface area contributed by atoms with Gasteiger partial charge < -0.3 is 15.5 Å². The van der Waals surface area contributed by atoms with Gasteiger partial charge in [-0.2, -0.15) is 0 Å². The lowest BCUT2D eigenvalue weighted by Crippen LogP contribution is -2.48. The smallest absolute Gasteiger partial charge is 0.251 e. The highest BCUT2D eigenvalue weighted by Crippen LogP contribution is 2.23. The first-order valence-electron chi connectivity index (χ1n) is 9.94. The number of anilines is 2. The van der Waals surface area contributed by atoms with Crippen LogP contribution in [0.25, 0.3) is 11.1 Å². The quantitative estimate of drug-likeness (QED) is 0.700. The highest BCUT2D eigenvalue weighted by molar-refractivity contribution is 5.95. The van der Waals surface area contributed by atoms with Crippen molar-refractivity contribution in [3.05, 3.63) is 72.6 Å². The van der Waals surface area contributed by atoms with Gasteiger partial charge in [0.15, 0.2) is 0 Å². The second-order valence-corrected chi connectivity index (χ2v) is 7.22. The fraction of sp³-hybridized carbons (Fsp3) is 0.261. The summed E-state index contributed by atoms with van der Waals surface area (Å²) in [6.07, 6.45) is 5.46. The summed E-state index contributed by atoms with van der Waals surface area (Å²) in [5, 5.41) is 6.30. The largest absolute Gasteiger partial charge is 0.388 e. The molecule has 29 heavy (non-hydrogen) atoms. The zero-order valence-corrected chi connectivity index (χ0v) is 16.5. The molecule has 1 aliphatic rings. The normalized spacial score (nSPS) is 16.3. The molecule has 1 aliphatic heterocycles. The van der Waals surface area contributed by atoms with E-state index in [0.29, 0.717) is 5.56 Å². The SMILES string of the molecule is CNc1ccc(-c2cccc(C(=O)N[C@H]3CCCN(c4ncccn4)C3)c2)cc1. The second-order valence-electron chi connectivity index (χ2n) is 7.22. The third-order valence-corrected chi connectivity index (χ3v) is 5.22. The fourth-order valence-corrected chi connectivity index (χ4v) is 3.67. The van der Waals surface area contributed by atoms with E-state index in [4.69, 9.17) is 0 Å². The summed E-state index contributed by atoms with van der Waals surface area (Å²) in [7, 11) is 1.90. The predicted molar refractivity (Wildman–Crippen MR) is 116 cm³/mol. The van der Waals surface area contributed by atoms with Gasteiger partial charge >= 0.3 is 0 Å². The van der Waals surface area contributed by atoms with Crippen molar-refractivity contribution >= 4 is 17.5 Å². The van der Waals surface area contributed by atoms with E-state index in [2.05, 4.69) is 37.6 Å². The maximum absolute atomic E-state index is 12.9. The number of amides is 1. The number of hydrogen-bond acceptors (Lipinski definition) is 5. The molecule has 3 aromatic rings. The van der Waals surface area contributed by atoms with Gasteiger partial charge in [0, 0.05) is 49.8 Å². The van der Waals surface area contributed by atoms with Crippen LogP contribution in [-0.2, 0) is 0 Å². The second kappa shape index (κ2) is 8.73. The van der Waals surface area contributed by atoms with Crippen LogP contribution in [0, 0.1) is 0 Å². The number of hydrogen-bond donors (Lipinski definition) is 2. The van der Waals surface area contributed by atoms with Crippen molar-refractivity contribution in [2.24, 2.45) is 0 Å². The Bertz CT molecular complexity index is 959. The lowest BCUT2D eigenvalue weighted by atomic mass is 10.0. The number of benzene rings is 2. The molecule has 0 aliphatic carbocycles. The Kier molecular flexibility index (Phi) is 5.70. The molecule has 0 bridgehead atoms. The maximum Gasteiger partial charge on any atom is 0.251 e. The van der Waals surface area contributed by atoms with E-state index in [1.54, 1.807) is 12.4 Å². The molecule has 0 unspecified atom stereocenters. The summed E-state index contributed by atoms with van der Waals surface area (Å²) in [5.41, 5.74) is 3.85. The van der Waals surface area contributed by atoms with Crippen LogP contribution in [0.4, 0.5) is 11.6 Å². The molecule has 1 saturated heterocycles. The Morgan fingerprint density at radius 1 is 1.03 bits per heavy atom. The number of piperidine rings is 1. The number of nitrogens with zero attached hydrogens (tertiary/aromatic N) is 3. The van der Waals surface area contributed by atoms with Crippen LogP contribution in [0.1, 0.15) is 23.2 Å². The summed E-state index contributed by atoms with van der Waals surface area (Å²) in [5.74, 6) is 0.679. The highest BCUT2D eigenvalue weighted by atomic mass is 16.1. The number of aromatic nitrogens is 2. The van der Waals surface area contributed by atoms with Gasteiger partial charge in [0.05, 0.1) is 0 Å². The van der Waals surface area contributed by atoms with E-state index in [-0.39, 0.29) is 11.9 Å². The van der Waals surface area contributed by atoms with E-state index < -0.39 is 0 Å². The first-order valence-corrected chi connectivity index (χ1v) is 9.94. The summed E-state index contributed by atoms with van der Waals surface area (Å²) >= 11 is 0. The molecule has 1 fully saturated rings. The summed E-state index contributed by atoms with van der Waals surface area (Å²) in [6.45, 7) is 1.63. The minimum Gasteiger partial charge on any atom is -0.388 e. The fourth-order valence-electron chi connectivity index (χ4n) is 3.67. The van der Waals surface area contributed by atoms with E-state index >= 15 is 0 Å². The van der Waals surface area contributed by atoms with Gasteiger partial charge in [-0.25, -0.2) is 9.97 Å². The molecule has 4 rings (SSSR count). The topological polar surface area (TPSA) is 70.2 Å². The average Bonchev–Trinajstić information content (AvgIpc) is 2.80. The molecular formula is C23H25N5O. The maximum atomic E-state index is 12.9. The Morgan fingerprint density at radius 3 is 2.59 bits per heavy atom. The lowest BCUT2D eigenvalue weighted by Gasteiger charge is -2.33. The van der Waals surface area contributed by atoms with Gasteiger partial charge in [0.2, 0.25) is 5.95 Å². The Morgan fingerprint density at radius 2 is 1.83 bits per heavy atom. The minimum absolute atomic E-state index is 0.0421. The zero-order valence-electron chi connectivity index (χ0n) is 16.5. The molecule has 1 amide bonds. The molecule has 2 aromatic carbocycles. The molecule has 0 spiro atoms. The van der Waals surface area contributed by atoms with Gasteiger partial charge in [-0.3, -0.25) is 4.79 Å². The van der Waals surface area contributed by atoms with Gasteiger partial charge in [-0.15, -0.1) is 0 Å². The molecule has 2 N–H and O–H groups in total. The minimum atomic E-state index is -0.0421. The summed E-state index contributed by atoms with van der Waals surface area (Å²) in [4.78, 5) is 23.7. The molecule has 1 aromatic heterocycles. The Hall–Kier alpha value is -3.41. The number of rotatable bonds is 5. The Labute approximate surface area is 171 Å². The van der Waals surface area contributed by atoms with E-state index in [9.17, 15) is 4.79 Å². The van der Waals surface area contributed by atoms with Crippen LogP contribution < -0.4 is 15.5 Å². The average molecular weight is 387 g/mol. The van der Waals surface area contributed by atoms with Crippen molar-refractivity contribution in [3.63, 3.8) is 0 Å². The summed E-state index contributed by atoms with van der Waals surface area (Å²) in [6, 6.07) is 17.8. The van der Waals surface area contributed by atoms with Gasteiger partial charge in [0.25, 0.3) is 5.91 Å². The molecule has 6 heteroatoms. The van der Waals surface area contributed by atoms with E-state index in [1.165, 1.54) is 0 Å².